The molecule has 0 radical (unpaired) electrons. The van der Waals surface area contributed by atoms with E-state index in [4.69, 9.17) is 5.84 Å². The number of rotatable bonds is 4. The van der Waals surface area contributed by atoms with E-state index in [-0.39, 0.29) is 5.56 Å². The average Bonchev–Trinajstić information content (AvgIpc) is 2.71. The van der Waals surface area contributed by atoms with E-state index in [1.807, 2.05) is 13.8 Å². The summed E-state index contributed by atoms with van der Waals surface area (Å²) in [6.07, 6.45) is 0.375. The van der Waals surface area contributed by atoms with E-state index >= 15 is 0 Å². The Morgan fingerprint density at radius 3 is 2.30 bits per heavy atom. The predicted octanol–water partition coefficient (Wildman–Crippen LogP) is 2.92. The predicted molar refractivity (Wildman–Crippen MR) is 71.7 cm³/mol. The molecule has 0 spiro atoms. The van der Waals surface area contributed by atoms with Gasteiger partial charge in [0.1, 0.15) is 0 Å². The maximum atomic E-state index is 13.2. The highest BCUT2D eigenvalue weighted by Gasteiger charge is 2.18. The first-order valence-electron chi connectivity index (χ1n) is 5.95. The lowest BCUT2D eigenvalue weighted by Crippen LogP contribution is -2.29. The lowest BCUT2D eigenvalue weighted by atomic mass is 10.0. The van der Waals surface area contributed by atoms with Crippen LogP contribution in [0.5, 0.6) is 0 Å². The van der Waals surface area contributed by atoms with Crippen molar-refractivity contribution in [3.05, 3.63) is 50.7 Å². The molecular weight excluding hydrogens is 287 g/mol. The minimum Gasteiger partial charge on any atom is -0.271 e. The van der Waals surface area contributed by atoms with Crippen LogP contribution in [0.4, 0.5) is 13.2 Å². The Labute approximate surface area is 118 Å². The second-order valence-electron chi connectivity index (χ2n) is 4.47. The van der Waals surface area contributed by atoms with Crippen LogP contribution in [0.25, 0.3) is 0 Å². The van der Waals surface area contributed by atoms with Crippen LogP contribution in [0.15, 0.2) is 12.1 Å². The number of hydrogen-bond acceptors (Lipinski definition) is 4. The minimum atomic E-state index is -1.48. The van der Waals surface area contributed by atoms with Crippen molar-refractivity contribution in [1.29, 1.82) is 0 Å². The van der Waals surface area contributed by atoms with Gasteiger partial charge < -0.3 is 0 Å². The molecule has 0 saturated heterocycles. The molecule has 2 rings (SSSR count). The van der Waals surface area contributed by atoms with Crippen LogP contribution in [0, 0.1) is 31.3 Å². The summed E-state index contributed by atoms with van der Waals surface area (Å²) >= 11 is 1.50. The van der Waals surface area contributed by atoms with Crippen molar-refractivity contribution in [2.45, 2.75) is 26.3 Å². The summed E-state index contributed by atoms with van der Waals surface area (Å²) in [6, 6.07) is 1.34. The van der Waals surface area contributed by atoms with E-state index in [1.54, 1.807) is 0 Å². The molecule has 1 atom stereocenters. The van der Waals surface area contributed by atoms with Gasteiger partial charge in [-0.2, -0.15) is 0 Å². The van der Waals surface area contributed by atoms with E-state index in [2.05, 4.69) is 10.4 Å². The van der Waals surface area contributed by atoms with Crippen molar-refractivity contribution >= 4 is 11.3 Å². The number of aromatic nitrogens is 1. The van der Waals surface area contributed by atoms with E-state index in [9.17, 15) is 13.2 Å². The Balaban J connectivity index is 2.28. The monoisotopic (exact) mass is 301 g/mol. The molecule has 0 aliphatic rings. The molecule has 3 N–H and O–H groups in total. The Kier molecular flexibility index (Phi) is 4.42. The summed E-state index contributed by atoms with van der Waals surface area (Å²) < 4.78 is 39.4. The number of aryl methyl sites for hydroxylation is 2. The van der Waals surface area contributed by atoms with Crippen LogP contribution in [0.3, 0.4) is 0 Å². The number of thiazole rings is 1. The molecule has 0 aliphatic heterocycles. The van der Waals surface area contributed by atoms with Crippen LogP contribution in [0.2, 0.25) is 0 Å². The SMILES string of the molecule is Cc1nc(CC(NN)c2cc(F)c(F)c(F)c2)sc1C. The molecule has 1 unspecified atom stereocenters. The third-order valence-electron chi connectivity index (χ3n) is 3.06. The van der Waals surface area contributed by atoms with Crippen LogP contribution < -0.4 is 11.3 Å². The van der Waals surface area contributed by atoms with Crippen molar-refractivity contribution in [3.8, 4) is 0 Å². The summed E-state index contributed by atoms with van der Waals surface area (Å²) in [4.78, 5) is 5.42. The molecule has 108 valence electrons. The number of nitrogens with two attached hydrogens (primary N) is 1. The summed E-state index contributed by atoms with van der Waals surface area (Å²) in [6.45, 7) is 3.83. The normalized spacial score (nSPS) is 12.7. The van der Waals surface area contributed by atoms with Gasteiger partial charge in [-0.05, 0) is 31.5 Å². The molecule has 0 aliphatic carbocycles. The quantitative estimate of drug-likeness (QED) is 0.518. The van der Waals surface area contributed by atoms with Gasteiger partial charge in [0, 0.05) is 11.3 Å². The van der Waals surface area contributed by atoms with Crippen LogP contribution in [0.1, 0.15) is 27.2 Å². The molecule has 20 heavy (non-hydrogen) atoms. The fraction of sp³-hybridized carbons (Fsp3) is 0.308. The number of benzene rings is 1. The van der Waals surface area contributed by atoms with Crippen molar-refractivity contribution in [3.63, 3.8) is 0 Å². The topological polar surface area (TPSA) is 50.9 Å². The molecule has 1 aromatic carbocycles. The highest BCUT2D eigenvalue weighted by Crippen LogP contribution is 2.25. The zero-order valence-electron chi connectivity index (χ0n) is 11.0. The number of halogens is 3. The van der Waals surface area contributed by atoms with Gasteiger partial charge in [-0.3, -0.25) is 11.3 Å². The number of hydrazine groups is 1. The summed E-state index contributed by atoms with van der Waals surface area (Å²) in [5, 5.41) is 0.799. The zero-order chi connectivity index (χ0) is 14.9. The molecule has 0 amide bonds. The first-order chi connectivity index (χ1) is 9.42. The fourth-order valence-corrected chi connectivity index (χ4v) is 2.83. The first kappa shape index (κ1) is 15.0. The standard InChI is InChI=1S/C13H14F3N3S/c1-6-7(2)20-12(18-6)5-11(19-17)8-3-9(14)13(16)10(15)4-8/h3-4,11,19H,5,17H2,1-2H3. The van der Waals surface area contributed by atoms with Gasteiger partial charge in [-0.25, -0.2) is 18.2 Å². The number of nitrogens with one attached hydrogen (secondary N) is 1. The maximum absolute atomic E-state index is 13.2. The third kappa shape index (κ3) is 3.00. The maximum Gasteiger partial charge on any atom is 0.194 e. The molecule has 3 nitrogen and oxygen atoms in total. The molecule has 0 fully saturated rings. The minimum absolute atomic E-state index is 0.245. The van der Waals surface area contributed by atoms with Gasteiger partial charge in [0.05, 0.1) is 16.7 Å². The van der Waals surface area contributed by atoms with E-state index in [0.717, 1.165) is 27.7 Å². The lowest BCUT2D eigenvalue weighted by Gasteiger charge is -2.15. The highest BCUT2D eigenvalue weighted by atomic mass is 32.1. The van der Waals surface area contributed by atoms with Crippen LogP contribution in [-0.2, 0) is 6.42 Å². The fourth-order valence-electron chi connectivity index (χ4n) is 1.85. The summed E-state index contributed by atoms with van der Waals surface area (Å²) in [5.41, 5.74) is 3.64. The second-order valence-corrected chi connectivity index (χ2v) is 5.76. The number of nitrogens with zero attached hydrogens (tertiary/aromatic N) is 1. The largest absolute Gasteiger partial charge is 0.271 e. The zero-order valence-corrected chi connectivity index (χ0v) is 11.8. The van der Waals surface area contributed by atoms with E-state index in [1.165, 1.54) is 11.3 Å². The Bertz CT molecular complexity index is 585. The second kappa shape index (κ2) is 5.90. The van der Waals surface area contributed by atoms with Crippen molar-refractivity contribution < 1.29 is 13.2 Å². The summed E-state index contributed by atoms with van der Waals surface area (Å²) in [7, 11) is 0. The molecule has 0 bridgehead atoms. The number of hydrogen-bond donors (Lipinski definition) is 2. The molecule has 0 saturated carbocycles. The average molecular weight is 301 g/mol. The van der Waals surface area contributed by atoms with Crippen molar-refractivity contribution in [1.82, 2.24) is 10.4 Å². The van der Waals surface area contributed by atoms with Gasteiger partial charge in [0.2, 0.25) is 0 Å². The van der Waals surface area contributed by atoms with Gasteiger partial charge in [0.25, 0.3) is 0 Å². The van der Waals surface area contributed by atoms with Gasteiger partial charge in [-0.1, -0.05) is 0 Å². The Hall–Kier alpha value is -1.44. The van der Waals surface area contributed by atoms with Gasteiger partial charge in [0.15, 0.2) is 17.5 Å². The van der Waals surface area contributed by atoms with Gasteiger partial charge >= 0.3 is 0 Å². The molecular formula is C13H14F3N3S. The van der Waals surface area contributed by atoms with E-state index < -0.39 is 23.5 Å². The lowest BCUT2D eigenvalue weighted by molar-refractivity contribution is 0.439. The Morgan fingerprint density at radius 1 is 1.25 bits per heavy atom. The molecule has 1 heterocycles. The first-order valence-corrected chi connectivity index (χ1v) is 6.77. The molecule has 2 aromatic rings. The van der Waals surface area contributed by atoms with Crippen LogP contribution >= 0.6 is 11.3 Å². The van der Waals surface area contributed by atoms with E-state index in [0.29, 0.717) is 6.42 Å². The van der Waals surface area contributed by atoms with Crippen molar-refractivity contribution in [2.75, 3.05) is 0 Å². The summed E-state index contributed by atoms with van der Waals surface area (Å²) in [5.74, 6) is 1.48. The van der Waals surface area contributed by atoms with Gasteiger partial charge in [-0.15, -0.1) is 11.3 Å². The smallest absolute Gasteiger partial charge is 0.194 e. The Morgan fingerprint density at radius 2 is 1.85 bits per heavy atom. The third-order valence-corrected chi connectivity index (χ3v) is 4.16. The van der Waals surface area contributed by atoms with Crippen molar-refractivity contribution in [2.24, 2.45) is 5.84 Å². The molecule has 1 aromatic heterocycles. The molecule has 7 heteroatoms. The van der Waals surface area contributed by atoms with Crippen LogP contribution in [-0.4, -0.2) is 4.98 Å². The highest BCUT2D eigenvalue weighted by molar-refractivity contribution is 7.11.